The van der Waals surface area contributed by atoms with Gasteiger partial charge in [0.15, 0.2) is 0 Å². The lowest BCUT2D eigenvalue weighted by Crippen LogP contribution is -2.54. The molecule has 0 radical (unpaired) electrons. The fourth-order valence-electron chi connectivity index (χ4n) is 3.11. The van der Waals surface area contributed by atoms with Gasteiger partial charge in [-0.25, -0.2) is 0 Å². The fraction of sp³-hybridized carbons (Fsp3) is 0.600. The Morgan fingerprint density at radius 2 is 2.33 bits per heavy atom. The van der Waals surface area contributed by atoms with Crippen LogP contribution in [0.2, 0.25) is 0 Å². The smallest absolute Gasteiger partial charge is 0.228 e. The summed E-state index contributed by atoms with van der Waals surface area (Å²) in [7, 11) is 1.57. The molecule has 6 heteroatoms. The van der Waals surface area contributed by atoms with Crippen molar-refractivity contribution < 1.29 is 23.8 Å². The molecule has 114 valence electrons. The van der Waals surface area contributed by atoms with E-state index in [-0.39, 0.29) is 24.6 Å². The van der Waals surface area contributed by atoms with Crippen molar-refractivity contribution in [3.05, 3.63) is 23.9 Å². The zero-order valence-corrected chi connectivity index (χ0v) is 12.2. The van der Waals surface area contributed by atoms with Crippen molar-refractivity contribution >= 4 is 11.7 Å². The first-order valence-corrected chi connectivity index (χ1v) is 7.05. The third-order valence-corrected chi connectivity index (χ3v) is 4.42. The highest BCUT2D eigenvalue weighted by Crippen LogP contribution is 2.38. The van der Waals surface area contributed by atoms with Crippen LogP contribution in [0.3, 0.4) is 0 Å². The number of Topliss-reactive ketones (excluding diaryl/α,β-unsaturated/α-hetero) is 1. The van der Waals surface area contributed by atoms with Crippen molar-refractivity contribution in [1.29, 1.82) is 0 Å². The highest BCUT2D eigenvalue weighted by molar-refractivity contribution is 5.86. The van der Waals surface area contributed by atoms with Crippen LogP contribution in [0.5, 0.6) is 0 Å². The van der Waals surface area contributed by atoms with Crippen molar-refractivity contribution in [2.24, 2.45) is 5.92 Å². The van der Waals surface area contributed by atoms with E-state index < -0.39 is 11.5 Å². The van der Waals surface area contributed by atoms with Gasteiger partial charge in [-0.3, -0.25) is 9.59 Å². The quantitative estimate of drug-likeness (QED) is 0.712. The molecule has 6 nitrogen and oxygen atoms in total. The van der Waals surface area contributed by atoms with E-state index in [2.05, 4.69) is 0 Å². The van der Waals surface area contributed by atoms with Gasteiger partial charge in [-0.1, -0.05) is 0 Å². The predicted molar refractivity (Wildman–Crippen MR) is 73.2 cm³/mol. The number of amides is 1. The van der Waals surface area contributed by atoms with E-state index in [1.807, 2.05) is 18.2 Å². The molecule has 1 aliphatic carbocycles. The average Bonchev–Trinajstić information content (AvgIpc) is 3.00. The lowest BCUT2D eigenvalue weighted by molar-refractivity contribution is -0.140. The van der Waals surface area contributed by atoms with Gasteiger partial charge in [0.05, 0.1) is 12.5 Å². The largest absolute Gasteiger partial charge is 0.370 e. The number of carbonyl (C=O) groups excluding carboxylic acids is 2. The fourth-order valence-corrected chi connectivity index (χ4v) is 3.11. The van der Waals surface area contributed by atoms with E-state index in [0.29, 0.717) is 19.6 Å². The van der Waals surface area contributed by atoms with Gasteiger partial charge in [0, 0.05) is 25.8 Å². The van der Waals surface area contributed by atoms with E-state index >= 15 is 0 Å². The van der Waals surface area contributed by atoms with E-state index in [1.165, 1.54) is 6.92 Å². The normalized spacial score (nSPS) is 35.6. The second-order valence-electron chi connectivity index (χ2n) is 5.51. The maximum Gasteiger partial charge on any atom is 0.228 e. The molecule has 1 amide bonds. The summed E-state index contributed by atoms with van der Waals surface area (Å²) in [5.41, 5.74) is -0.113. The van der Waals surface area contributed by atoms with Gasteiger partial charge in [0.2, 0.25) is 5.91 Å². The van der Waals surface area contributed by atoms with E-state index in [0.717, 1.165) is 5.70 Å². The molecule has 0 spiro atoms. The molecule has 2 heterocycles. The van der Waals surface area contributed by atoms with Crippen LogP contribution in [0.15, 0.2) is 23.9 Å². The second kappa shape index (κ2) is 5.36. The van der Waals surface area contributed by atoms with Crippen LogP contribution in [0.25, 0.3) is 0 Å². The molecule has 3 atom stereocenters. The maximum absolute atomic E-state index is 12.1. The van der Waals surface area contributed by atoms with Gasteiger partial charge in [0.1, 0.15) is 24.3 Å². The Bertz CT molecular complexity index is 520. The van der Waals surface area contributed by atoms with Gasteiger partial charge in [-0.2, -0.15) is 0 Å². The van der Waals surface area contributed by atoms with Crippen LogP contribution in [0, 0.1) is 5.92 Å². The number of hydrogen-bond donors (Lipinski definition) is 0. The summed E-state index contributed by atoms with van der Waals surface area (Å²) in [5, 5.41) is 0. The van der Waals surface area contributed by atoms with E-state index in [1.54, 1.807) is 12.0 Å². The van der Waals surface area contributed by atoms with Crippen LogP contribution in [0.1, 0.15) is 13.3 Å². The third-order valence-electron chi connectivity index (χ3n) is 4.42. The average molecular weight is 293 g/mol. The van der Waals surface area contributed by atoms with Gasteiger partial charge in [-0.05, 0) is 25.2 Å². The second-order valence-corrected chi connectivity index (χ2v) is 5.51. The topological polar surface area (TPSA) is 65.1 Å². The summed E-state index contributed by atoms with van der Waals surface area (Å²) in [6, 6.07) is 0. The molecular weight excluding hydrogens is 274 g/mol. The number of carbonyl (C=O) groups is 2. The van der Waals surface area contributed by atoms with Crippen LogP contribution in [-0.4, -0.2) is 55.3 Å². The number of rotatable bonds is 4. The van der Waals surface area contributed by atoms with E-state index in [9.17, 15) is 9.59 Å². The summed E-state index contributed by atoms with van der Waals surface area (Å²) >= 11 is 0. The predicted octanol–water partition coefficient (Wildman–Crippen LogP) is 0.636. The number of allylic oxidation sites excluding steroid dienone is 1. The third kappa shape index (κ3) is 2.23. The highest BCUT2D eigenvalue weighted by Gasteiger charge is 2.50. The molecule has 0 aromatic rings. The van der Waals surface area contributed by atoms with Crippen molar-refractivity contribution in [3.8, 4) is 0 Å². The molecule has 2 fully saturated rings. The van der Waals surface area contributed by atoms with Crippen LogP contribution < -0.4 is 0 Å². The molecule has 0 aromatic heterocycles. The number of hydrogen-bond acceptors (Lipinski definition) is 5. The standard InChI is InChI=1S/C15H19NO5/c1-10(17)12-7-11(16-6-4-14(16)18)3-5-15(12,19-2)13-8-20-9-21-13/h3,5,7,12-13H,4,6,8-9H2,1-2H3/t12-,13+,15+/m1/s1. The lowest BCUT2D eigenvalue weighted by atomic mass is 9.76. The van der Waals surface area contributed by atoms with Crippen molar-refractivity contribution in [2.75, 3.05) is 27.1 Å². The molecule has 0 aromatic carbocycles. The van der Waals surface area contributed by atoms with Gasteiger partial charge in [-0.15, -0.1) is 0 Å². The molecule has 0 saturated carbocycles. The Morgan fingerprint density at radius 1 is 1.52 bits per heavy atom. The molecular formula is C15H19NO5. The molecule has 0 unspecified atom stereocenters. The number of β-lactam (4-membered cyclic amide) rings is 1. The minimum absolute atomic E-state index is 0.0258. The minimum Gasteiger partial charge on any atom is -0.370 e. The first-order chi connectivity index (χ1) is 10.1. The van der Waals surface area contributed by atoms with Crippen molar-refractivity contribution in [2.45, 2.75) is 25.0 Å². The van der Waals surface area contributed by atoms with Crippen LogP contribution in [0.4, 0.5) is 0 Å². The Kier molecular flexibility index (Phi) is 3.69. The monoisotopic (exact) mass is 293 g/mol. The minimum atomic E-state index is -0.875. The van der Waals surface area contributed by atoms with Crippen LogP contribution >= 0.6 is 0 Å². The molecule has 3 rings (SSSR count). The summed E-state index contributed by atoms with van der Waals surface area (Å²) in [6.07, 6.45) is 5.70. The first-order valence-electron chi connectivity index (χ1n) is 7.05. The van der Waals surface area contributed by atoms with Gasteiger partial charge >= 0.3 is 0 Å². The van der Waals surface area contributed by atoms with E-state index in [4.69, 9.17) is 14.2 Å². The summed E-state index contributed by atoms with van der Waals surface area (Å²) in [5.74, 6) is -0.441. The highest BCUT2D eigenvalue weighted by atomic mass is 16.7. The van der Waals surface area contributed by atoms with Crippen LogP contribution in [-0.2, 0) is 23.8 Å². The Balaban J connectivity index is 1.93. The first kappa shape index (κ1) is 14.4. The number of nitrogens with zero attached hydrogens (tertiary/aromatic N) is 1. The number of ether oxygens (including phenoxy) is 3. The summed E-state index contributed by atoms with van der Waals surface area (Å²) in [4.78, 5) is 25.4. The number of likely N-dealkylation sites (tertiary alicyclic amines) is 1. The summed E-state index contributed by atoms with van der Waals surface area (Å²) < 4.78 is 16.5. The van der Waals surface area contributed by atoms with Crippen molar-refractivity contribution in [3.63, 3.8) is 0 Å². The molecule has 0 N–H and O–H groups in total. The number of methoxy groups -OCH3 is 1. The SMILES string of the molecule is CO[C@@]1([C@@H]2COCO2)C=CC(N2CCC2=O)=C[C@@H]1C(C)=O. The maximum atomic E-state index is 12.1. The molecule has 3 aliphatic rings. The Hall–Kier alpha value is -1.50. The lowest BCUT2D eigenvalue weighted by Gasteiger charge is -2.42. The molecule has 0 bridgehead atoms. The Labute approximate surface area is 123 Å². The van der Waals surface area contributed by atoms with Gasteiger partial charge in [0.25, 0.3) is 0 Å². The van der Waals surface area contributed by atoms with Gasteiger partial charge < -0.3 is 19.1 Å². The Morgan fingerprint density at radius 3 is 2.81 bits per heavy atom. The molecule has 2 aliphatic heterocycles. The molecule has 21 heavy (non-hydrogen) atoms. The zero-order chi connectivity index (χ0) is 15.0. The molecule has 2 saturated heterocycles. The van der Waals surface area contributed by atoms with Crippen molar-refractivity contribution in [1.82, 2.24) is 4.90 Å². The summed E-state index contributed by atoms with van der Waals surface area (Å²) in [6.45, 7) is 2.81. The number of ketones is 1. The zero-order valence-electron chi connectivity index (χ0n) is 12.2.